The molecule has 6 heteroatoms. The van der Waals surface area contributed by atoms with Gasteiger partial charge in [-0.25, -0.2) is 13.1 Å². The minimum absolute atomic E-state index is 0.135. The maximum absolute atomic E-state index is 12.4. The number of sulfonamides is 1. The molecule has 3 N–H and O–H groups in total. The van der Waals surface area contributed by atoms with Gasteiger partial charge in [0.25, 0.3) is 0 Å². The first-order chi connectivity index (χ1) is 9.42. The molecule has 0 saturated carbocycles. The Balaban J connectivity index is 2.30. The lowest BCUT2D eigenvalue weighted by Gasteiger charge is -2.13. The summed E-state index contributed by atoms with van der Waals surface area (Å²) in [7, 11) is -3.66. The lowest BCUT2D eigenvalue weighted by atomic mass is 10.1. The van der Waals surface area contributed by atoms with E-state index in [-0.39, 0.29) is 11.4 Å². The molecule has 0 aliphatic carbocycles. The molecule has 0 aliphatic rings. The fraction of sp³-hybridized carbons (Fsp3) is 0.214. The summed E-state index contributed by atoms with van der Waals surface area (Å²) in [5, 5.41) is 0. The minimum atomic E-state index is -3.66. The largest absolute Gasteiger partial charge is 0.397 e. The Morgan fingerprint density at radius 1 is 1.15 bits per heavy atom. The average Bonchev–Trinajstić information content (AvgIpc) is 2.42. The first kappa shape index (κ1) is 14.5. The molecule has 2 aromatic rings. The minimum Gasteiger partial charge on any atom is -0.397 e. The molecule has 5 nitrogen and oxygen atoms in total. The van der Waals surface area contributed by atoms with Crippen molar-refractivity contribution in [2.75, 3.05) is 5.73 Å². The molecule has 2 rings (SSSR count). The van der Waals surface area contributed by atoms with Gasteiger partial charge in [-0.05, 0) is 37.1 Å². The van der Waals surface area contributed by atoms with Crippen LogP contribution in [0.15, 0.2) is 41.4 Å². The van der Waals surface area contributed by atoms with Crippen LogP contribution in [0.25, 0.3) is 0 Å². The van der Waals surface area contributed by atoms with E-state index in [9.17, 15) is 8.42 Å². The van der Waals surface area contributed by atoms with Crippen LogP contribution in [0.5, 0.6) is 0 Å². The molecular formula is C14H17N3O2S. The van der Waals surface area contributed by atoms with Gasteiger partial charge < -0.3 is 5.73 Å². The SMILES string of the molecule is Cc1ccc(C)c(S(=O)(=O)NCc2ccccn2)c1N. The highest BCUT2D eigenvalue weighted by Gasteiger charge is 2.21. The topological polar surface area (TPSA) is 85.1 Å². The predicted octanol–water partition coefficient (Wildman–Crippen LogP) is 1.76. The van der Waals surface area contributed by atoms with Crippen LogP contribution in [0, 0.1) is 13.8 Å². The zero-order chi connectivity index (χ0) is 14.8. The Morgan fingerprint density at radius 2 is 1.85 bits per heavy atom. The number of hydrogen-bond donors (Lipinski definition) is 2. The molecule has 0 amide bonds. The van der Waals surface area contributed by atoms with Crippen molar-refractivity contribution >= 4 is 15.7 Å². The molecule has 20 heavy (non-hydrogen) atoms. The molecule has 1 aromatic heterocycles. The van der Waals surface area contributed by atoms with Gasteiger partial charge in [-0.3, -0.25) is 4.98 Å². The summed E-state index contributed by atoms with van der Waals surface area (Å²) < 4.78 is 27.3. The summed E-state index contributed by atoms with van der Waals surface area (Å²) in [4.78, 5) is 4.23. The second-order valence-corrected chi connectivity index (χ2v) is 6.29. The van der Waals surface area contributed by atoms with Crippen molar-refractivity contribution in [3.05, 3.63) is 53.3 Å². The number of rotatable bonds is 4. The number of pyridine rings is 1. The van der Waals surface area contributed by atoms with Crippen molar-refractivity contribution in [2.45, 2.75) is 25.3 Å². The summed E-state index contributed by atoms with van der Waals surface area (Å²) in [5.41, 5.74) is 8.22. The van der Waals surface area contributed by atoms with Gasteiger partial charge in [0.1, 0.15) is 4.90 Å². The van der Waals surface area contributed by atoms with Crippen LogP contribution >= 0.6 is 0 Å². The predicted molar refractivity (Wildman–Crippen MR) is 78.6 cm³/mol. The van der Waals surface area contributed by atoms with Gasteiger partial charge in [-0.15, -0.1) is 0 Å². The summed E-state index contributed by atoms with van der Waals surface area (Å²) in [6.07, 6.45) is 1.62. The molecule has 0 bridgehead atoms. The maximum atomic E-state index is 12.4. The lowest BCUT2D eigenvalue weighted by molar-refractivity contribution is 0.580. The third kappa shape index (κ3) is 2.97. The number of nitrogens with two attached hydrogens (primary N) is 1. The monoisotopic (exact) mass is 291 g/mol. The van der Waals surface area contributed by atoms with E-state index in [0.29, 0.717) is 16.9 Å². The van der Waals surface area contributed by atoms with Gasteiger partial charge in [0.2, 0.25) is 10.0 Å². The molecule has 0 atom stereocenters. The number of aryl methyl sites for hydroxylation is 2. The molecule has 0 aliphatic heterocycles. The number of nitrogens with one attached hydrogen (secondary N) is 1. The smallest absolute Gasteiger partial charge is 0.243 e. The first-order valence-electron chi connectivity index (χ1n) is 6.17. The summed E-state index contributed by atoms with van der Waals surface area (Å²) in [6.45, 7) is 3.65. The first-order valence-corrected chi connectivity index (χ1v) is 7.65. The molecule has 0 radical (unpaired) electrons. The third-order valence-electron chi connectivity index (χ3n) is 3.05. The summed E-state index contributed by atoms with van der Waals surface area (Å²) in [5.74, 6) is 0. The molecule has 1 aromatic carbocycles. The van der Waals surface area contributed by atoms with Crippen molar-refractivity contribution in [2.24, 2.45) is 0 Å². The van der Waals surface area contributed by atoms with Gasteiger partial charge in [-0.2, -0.15) is 0 Å². The van der Waals surface area contributed by atoms with E-state index < -0.39 is 10.0 Å². The summed E-state index contributed by atoms with van der Waals surface area (Å²) >= 11 is 0. The van der Waals surface area contributed by atoms with Crippen LogP contribution in [0.1, 0.15) is 16.8 Å². The maximum Gasteiger partial charge on any atom is 0.243 e. The number of anilines is 1. The number of nitrogens with zero attached hydrogens (tertiary/aromatic N) is 1. The van der Waals surface area contributed by atoms with Gasteiger partial charge in [0.05, 0.1) is 17.9 Å². The second-order valence-electron chi connectivity index (χ2n) is 4.59. The van der Waals surface area contributed by atoms with E-state index in [1.807, 2.05) is 12.1 Å². The molecule has 0 saturated heterocycles. The number of hydrogen-bond acceptors (Lipinski definition) is 4. The molecule has 1 heterocycles. The Morgan fingerprint density at radius 3 is 2.50 bits per heavy atom. The molecule has 106 valence electrons. The lowest BCUT2D eigenvalue weighted by Crippen LogP contribution is -2.25. The van der Waals surface area contributed by atoms with Crippen LogP contribution in [-0.2, 0) is 16.6 Å². The van der Waals surface area contributed by atoms with Gasteiger partial charge >= 0.3 is 0 Å². The number of nitrogen functional groups attached to an aromatic ring is 1. The molecule has 0 unspecified atom stereocenters. The Labute approximate surface area is 118 Å². The van der Waals surface area contributed by atoms with E-state index in [2.05, 4.69) is 9.71 Å². The molecule has 0 spiro atoms. The van der Waals surface area contributed by atoms with E-state index in [1.54, 1.807) is 38.2 Å². The number of aromatic nitrogens is 1. The fourth-order valence-electron chi connectivity index (χ4n) is 1.91. The zero-order valence-electron chi connectivity index (χ0n) is 11.4. The van der Waals surface area contributed by atoms with Gasteiger partial charge in [-0.1, -0.05) is 18.2 Å². The quantitative estimate of drug-likeness (QED) is 0.841. The van der Waals surface area contributed by atoms with Crippen LogP contribution in [0.2, 0.25) is 0 Å². The average molecular weight is 291 g/mol. The van der Waals surface area contributed by atoms with E-state index in [0.717, 1.165) is 5.56 Å². The standard InChI is InChI=1S/C14H17N3O2S/c1-10-6-7-11(2)14(13(10)15)20(18,19)17-9-12-5-3-4-8-16-12/h3-8,17H,9,15H2,1-2H3. The highest BCUT2D eigenvalue weighted by molar-refractivity contribution is 7.89. The number of benzene rings is 1. The van der Waals surface area contributed by atoms with Gasteiger partial charge in [0.15, 0.2) is 0 Å². The second kappa shape index (κ2) is 5.60. The highest BCUT2D eigenvalue weighted by atomic mass is 32.2. The van der Waals surface area contributed by atoms with E-state index in [4.69, 9.17) is 5.73 Å². The third-order valence-corrected chi connectivity index (χ3v) is 4.65. The zero-order valence-corrected chi connectivity index (χ0v) is 12.2. The normalized spacial score (nSPS) is 11.5. The Bertz CT molecular complexity index is 713. The molecule has 0 fully saturated rings. The van der Waals surface area contributed by atoms with Crippen LogP contribution in [0.3, 0.4) is 0 Å². The fourth-order valence-corrected chi connectivity index (χ4v) is 3.33. The van der Waals surface area contributed by atoms with Crippen molar-refractivity contribution in [3.8, 4) is 0 Å². The highest BCUT2D eigenvalue weighted by Crippen LogP contribution is 2.25. The van der Waals surface area contributed by atoms with E-state index >= 15 is 0 Å². The van der Waals surface area contributed by atoms with Gasteiger partial charge in [0, 0.05) is 6.20 Å². The van der Waals surface area contributed by atoms with Crippen LogP contribution < -0.4 is 10.5 Å². The molecular weight excluding hydrogens is 274 g/mol. The Kier molecular flexibility index (Phi) is 4.06. The summed E-state index contributed by atoms with van der Waals surface area (Å²) in [6, 6.07) is 8.90. The van der Waals surface area contributed by atoms with E-state index in [1.165, 1.54) is 0 Å². The Hall–Kier alpha value is -1.92. The van der Waals surface area contributed by atoms with Crippen molar-refractivity contribution in [1.82, 2.24) is 9.71 Å². The van der Waals surface area contributed by atoms with Crippen molar-refractivity contribution in [1.29, 1.82) is 0 Å². The van der Waals surface area contributed by atoms with Crippen molar-refractivity contribution in [3.63, 3.8) is 0 Å². The van der Waals surface area contributed by atoms with Crippen LogP contribution in [0.4, 0.5) is 5.69 Å². The van der Waals surface area contributed by atoms with Crippen LogP contribution in [-0.4, -0.2) is 13.4 Å². The van der Waals surface area contributed by atoms with Crippen molar-refractivity contribution < 1.29 is 8.42 Å².